The molecule has 0 spiro atoms. The Balaban J connectivity index is 1.86. The first-order valence-corrected chi connectivity index (χ1v) is 7.51. The second-order valence-corrected chi connectivity index (χ2v) is 5.66. The molecule has 1 N–H and O–H groups in total. The number of hydrogen-bond acceptors (Lipinski definition) is 2. The number of rotatable bonds is 2. The fraction of sp³-hybridized carbons (Fsp3) is 0.111. The fourth-order valence-electron chi connectivity index (χ4n) is 3.02. The van der Waals surface area contributed by atoms with Crippen molar-refractivity contribution < 1.29 is 13.6 Å². The van der Waals surface area contributed by atoms with Gasteiger partial charge in [0, 0.05) is 18.4 Å². The minimum absolute atomic E-state index is 0.0118. The van der Waals surface area contributed by atoms with E-state index in [0.717, 1.165) is 23.8 Å². The number of nitrogens with zero attached hydrogens (tertiary/aromatic N) is 2. The number of anilines is 1. The Morgan fingerprint density at radius 3 is 2.71 bits per heavy atom. The molecular weight excluding hydrogens is 312 g/mol. The average molecular weight is 325 g/mol. The molecule has 24 heavy (non-hydrogen) atoms. The summed E-state index contributed by atoms with van der Waals surface area (Å²) < 4.78 is 29.0. The molecule has 0 aliphatic carbocycles. The minimum atomic E-state index is -0.590. The van der Waals surface area contributed by atoms with Gasteiger partial charge in [0.05, 0.1) is 11.4 Å². The number of halogens is 2. The zero-order chi connectivity index (χ0) is 16.7. The summed E-state index contributed by atoms with van der Waals surface area (Å²) in [5.41, 5.74) is 1.61. The summed E-state index contributed by atoms with van der Waals surface area (Å²) in [5.74, 6) is -1.17. The molecule has 0 saturated heterocycles. The van der Waals surface area contributed by atoms with Gasteiger partial charge in [-0.1, -0.05) is 30.3 Å². The predicted molar refractivity (Wildman–Crippen MR) is 85.0 cm³/mol. The highest BCUT2D eigenvalue weighted by atomic mass is 19.1. The van der Waals surface area contributed by atoms with Crippen LogP contribution in [0.2, 0.25) is 0 Å². The molecule has 0 fully saturated rings. The van der Waals surface area contributed by atoms with Crippen molar-refractivity contribution in [3.05, 3.63) is 77.8 Å². The SMILES string of the molecule is O=C1C[C@@H](c2ccccc2)c2ncn(-c3cc(F)ccc3F)c2N1. The molecule has 120 valence electrons. The molecule has 1 atom stereocenters. The zero-order valence-corrected chi connectivity index (χ0v) is 12.5. The molecule has 4 nitrogen and oxygen atoms in total. The van der Waals surface area contributed by atoms with E-state index in [2.05, 4.69) is 10.3 Å². The van der Waals surface area contributed by atoms with Crippen molar-refractivity contribution >= 4 is 11.7 Å². The maximum Gasteiger partial charge on any atom is 0.226 e. The normalized spacial score (nSPS) is 16.6. The Morgan fingerprint density at radius 1 is 1.12 bits per heavy atom. The Labute approximate surface area is 136 Å². The van der Waals surface area contributed by atoms with Crippen LogP contribution in [0.25, 0.3) is 5.69 Å². The summed E-state index contributed by atoms with van der Waals surface area (Å²) in [4.78, 5) is 16.5. The molecule has 0 saturated carbocycles. The summed E-state index contributed by atoms with van der Waals surface area (Å²) >= 11 is 0. The van der Waals surface area contributed by atoms with Gasteiger partial charge in [0.2, 0.25) is 5.91 Å². The fourth-order valence-corrected chi connectivity index (χ4v) is 3.02. The van der Waals surface area contributed by atoms with Crippen LogP contribution in [0, 0.1) is 11.6 Å². The van der Waals surface area contributed by atoms with E-state index in [9.17, 15) is 13.6 Å². The molecule has 0 radical (unpaired) electrons. The number of carbonyl (C=O) groups excluding carboxylic acids is 1. The first kappa shape index (κ1) is 14.6. The van der Waals surface area contributed by atoms with Gasteiger partial charge in [-0.15, -0.1) is 0 Å². The second kappa shape index (κ2) is 5.56. The second-order valence-electron chi connectivity index (χ2n) is 5.66. The Morgan fingerprint density at radius 2 is 1.92 bits per heavy atom. The Kier molecular flexibility index (Phi) is 3.37. The lowest BCUT2D eigenvalue weighted by Gasteiger charge is -2.23. The lowest BCUT2D eigenvalue weighted by atomic mass is 9.90. The van der Waals surface area contributed by atoms with Crippen molar-refractivity contribution in [2.75, 3.05) is 5.32 Å². The van der Waals surface area contributed by atoms with Gasteiger partial charge < -0.3 is 5.32 Å². The van der Waals surface area contributed by atoms with Gasteiger partial charge in [0.15, 0.2) is 0 Å². The molecule has 2 aromatic carbocycles. The van der Waals surface area contributed by atoms with Crippen LogP contribution in [-0.4, -0.2) is 15.5 Å². The highest BCUT2D eigenvalue weighted by molar-refractivity contribution is 5.94. The van der Waals surface area contributed by atoms with Crippen LogP contribution in [0.3, 0.4) is 0 Å². The van der Waals surface area contributed by atoms with Gasteiger partial charge in [0.1, 0.15) is 23.8 Å². The smallest absolute Gasteiger partial charge is 0.226 e. The van der Waals surface area contributed by atoms with Crippen LogP contribution in [0.4, 0.5) is 14.6 Å². The molecule has 0 unspecified atom stereocenters. The molecular formula is C18H13F2N3O. The number of benzene rings is 2. The molecule has 3 aromatic rings. The Hall–Kier alpha value is -3.02. The van der Waals surface area contributed by atoms with Crippen molar-refractivity contribution in [1.82, 2.24) is 9.55 Å². The van der Waals surface area contributed by atoms with Crippen LogP contribution >= 0.6 is 0 Å². The van der Waals surface area contributed by atoms with Crippen LogP contribution in [0.15, 0.2) is 54.9 Å². The maximum atomic E-state index is 14.1. The molecule has 1 aliphatic rings. The van der Waals surface area contributed by atoms with E-state index >= 15 is 0 Å². The van der Waals surface area contributed by atoms with E-state index < -0.39 is 11.6 Å². The quantitative estimate of drug-likeness (QED) is 0.782. The maximum absolute atomic E-state index is 14.1. The summed E-state index contributed by atoms with van der Waals surface area (Å²) in [6, 6.07) is 12.7. The first-order chi connectivity index (χ1) is 11.6. The largest absolute Gasteiger partial charge is 0.310 e. The monoisotopic (exact) mass is 325 g/mol. The van der Waals surface area contributed by atoms with E-state index in [1.807, 2.05) is 30.3 Å². The predicted octanol–water partition coefficient (Wildman–Crippen LogP) is 3.62. The van der Waals surface area contributed by atoms with Crippen LogP contribution in [0.5, 0.6) is 0 Å². The van der Waals surface area contributed by atoms with Gasteiger partial charge in [-0.05, 0) is 17.7 Å². The number of imidazole rings is 1. The summed E-state index contributed by atoms with van der Waals surface area (Å²) in [6.45, 7) is 0. The van der Waals surface area contributed by atoms with E-state index in [-0.39, 0.29) is 23.9 Å². The van der Waals surface area contributed by atoms with Crippen molar-refractivity contribution in [2.45, 2.75) is 12.3 Å². The number of amides is 1. The molecule has 1 aromatic heterocycles. The standard InChI is InChI=1S/C18H13F2N3O/c19-12-6-7-14(20)15(8-12)23-10-21-17-13(9-16(24)22-18(17)23)11-4-2-1-3-5-11/h1-8,10,13H,9H2,(H,22,24)/t13-/m0/s1. The number of hydrogen-bond donors (Lipinski definition) is 1. The third-order valence-electron chi connectivity index (χ3n) is 4.14. The van der Waals surface area contributed by atoms with E-state index in [1.54, 1.807) is 0 Å². The highest BCUT2D eigenvalue weighted by Crippen LogP contribution is 2.37. The summed E-state index contributed by atoms with van der Waals surface area (Å²) in [7, 11) is 0. The molecule has 1 aliphatic heterocycles. The number of nitrogens with one attached hydrogen (secondary N) is 1. The van der Waals surface area contributed by atoms with Gasteiger partial charge in [-0.2, -0.15) is 0 Å². The van der Waals surface area contributed by atoms with Crippen molar-refractivity contribution in [3.8, 4) is 5.69 Å². The summed E-state index contributed by atoms with van der Waals surface area (Å²) in [5, 5.41) is 2.73. The van der Waals surface area contributed by atoms with E-state index in [1.165, 1.54) is 10.9 Å². The average Bonchev–Trinajstić information content (AvgIpc) is 3.00. The van der Waals surface area contributed by atoms with Gasteiger partial charge >= 0.3 is 0 Å². The zero-order valence-electron chi connectivity index (χ0n) is 12.5. The molecule has 4 rings (SSSR count). The van der Waals surface area contributed by atoms with E-state index in [4.69, 9.17) is 0 Å². The van der Waals surface area contributed by atoms with Gasteiger partial charge in [0.25, 0.3) is 0 Å². The Bertz CT molecular complexity index is 921. The summed E-state index contributed by atoms with van der Waals surface area (Å²) in [6.07, 6.45) is 1.67. The van der Waals surface area contributed by atoms with Crippen LogP contribution < -0.4 is 5.32 Å². The molecule has 1 amide bonds. The van der Waals surface area contributed by atoms with E-state index in [0.29, 0.717) is 11.5 Å². The topological polar surface area (TPSA) is 46.9 Å². The van der Waals surface area contributed by atoms with Crippen molar-refractivity contribution in [3.63, 3.8) is 0 Å². The minimum Gasteiger partial charge on any atom is -0.310 e. The van der Waals surface area contributed by atoms with Gasteiger partial charge in [-0.25, -0.2) is 13.8 Å². The number of aromatic nitrogens is 2. The first-order valence-electron chi connectivity index (χ1n) is 7.51. The number of carbonyl (C=O) groups is 1. The molecule has 6 heteroatoms. The van der Waals surface area contributed by atoms with Crippen molar-refractivity contribution in [2.24, 2.45) is 0 Å². The molecule has 2 heterocycles. The lowest BCUT2D eigenvalue weighted by Crippen LogP contribution is -2.25. The van der Waals surface area contributed by atoms with Crippen LogP contribution in [-0.2, 0) is 4.79 Å². The van der Waals surface area contributed by atoms with Gasteiger partial charge in [-0.3, -0.25) is 9.36 Å². The third-order valence-corrected chi connectivity index (χ3v) is 4.14. The lowest BCUT2D eigenvalue weighted by molar-refractivity contribution is -0.116. The third kappa shape index (κ3) is 2.36. The number of fused-ring (bicyclic) bond motifs is 1. The molecule has 0 bridgehead atoms. The van der Waals surface area contributed by atoms with Crippen molar-refractivity contribution in [1.29, 1.82) is 0 Å². The van der Waals surface area contributed by atoms with Crippen LogP contribution in [0.1, 0.15) is 23.6 Å². The highest BCUT2D eigenvalue weighted by Gasteiger charge is 2.31.